The van der Waals surface area contributed by atoms with Crippen molar-refractivity contribution >= 4 is 11.3 Å². The summed E-state index contributed by atoms with van der Waals surface area (Å²) in [5.74, 6) is 0.275. The van der Waals surface area contributed by atoms with Crippen LogP contribution in [0.25, 0.3) is 0 Å². The molecule has 0 aliphatic carbocycles. The summed E-state index contributed by atoms with van der Waals surface area (Å²) < 4.78 is 5.10. The predicted molar refractivity (Wildman–Crippen MR) is 77.4 cm³/mol. The first-order valence-electron chi connectivity index (χ1n) is 6.88. The van der Waals surface area contributed by atoms with Gasteiger partial charge in [0.15, 0.2) is 0 Å². The van der Waals surface area contributed by atoms with E-state index in [1.54, 1.807) is 18.4 Å². The van der Waals surface area contributed by atoms with E-state index in [4.69, 9.17) is 4.74 Å². The standard InChI is InChI=1S/C14H24N2O2S/c1-11-8-16(9-13-15-12(2)10-19-13)6-4-14(11,17)5-7-18-3/h10-11,17H,4-9H2,1-3H3/t11-,14-/m1/s1. The third-order valence-electron chi connectivity index (χ3n) is 4.07. The van der Waals surface area contributed by atoms with Gasteiger partial charge in [-0.1, -0.05) is 6.92 Å². The van der Waals surface area contributed by atoms with Crippen molar-refractivity contribution in [2.45, 2.75) is 38.8 Å². The van der Waals surface area contributed by atoms with Crippen molar-refractivity contribution in [1.29, 1.82) is 0 Å². The van der Waals surface area contributed by atoms with Crippen LogP contribution >= 0.6 is 11.3 Å². The smallest absolute Gasteiger partial charge is 0.107 e. The van der Waals surface area contributed by atoms with E-state index >= 15 is 0 Å². The largest absolute Gasteiger partial charge is 0.389 e. The van der Waals surface area contributed by atoms with Gasteiger partial charge in [-0.15, -0.1) is 11.3 Å². The molecule has 19 heavy (non-hydrogen) atoms. The van der Waals surface area contributed by atoms with E-state index in [1.807, 2.05) is 6.92 Å². The molecule has 0 saturated carbocycles. The molecule has 2 rings (SSSR count). The Morgan fingerprint density at radius 3 is 3.00 bits per heavy atom. The molecule has 0 bridgehead atoms. The molecular formula is C14H24N2O2S. The summed E-state index contributed by atoms with van der Waals surface area (Å²) >= 11 is 1.72. The van der Waals surface area contributed by atoms with E-state index in [2.05, 4.69) is 22.2 Å². The SMILES string of the molecule is COCC[C@]1(O)CCN(Cc2nc(C)cs2)C[C@H]1C. The fourth-order valence-corrected chi connectivity index (χ4v) is 3.52. The van der Waals surface area contributed by atoms with Gasteiger partial charge in [-0.3, -0.25) is 4.90 Å². The number of aryl methyl sites for hydroxylation is 1. The number of methoxy groups -OCH3 is 1. The number of ether oxygens (including phenoxy) is 1. The molecule has 1 aromatic heterocycles. The third-order valence-corrected chi connectivity index (χ3v) is 5.03. The normalized spacial score (nSPS) is 28.7. The molecule has 2 heterocycles. The Morgan fingerprint density at radius 1 is 1.63 bits per heavy atom. The van der Waals surface area contributed by atoms with E-state index in [9.17, 15) is 5.11 Å². The summed E-state index contributed by atoms with van der Waals surface area (Å²) in [4.78, 5) is 6.90. The summed E-state index contributed by atoms with van der Waals surface area (Å²) in [5, 5.41) is 13.9. The predicted octanol–water partition coefficient (Wildman–Crippen LogP) is 2.06. The molecule has 0 aromatic carbocycles. The summed E-state index contributed by atoms with van der Waals surface area (Å²) in [6.07, 6.45) is 1.55. The molecule has 0 amide bonds. The number of likely N-dealkylation sites (tertiary alicyclic amines) is 1. The minimum Gasteiger partial charge on any atom is -0.389 e. The van der Waals surface area contributed by atoms with Crippen molar-refractivity contribution in [2.24, 2.45) is 5.92 Å². The van der Waals surface area contributed by atoms with Crippen LogP contribution in [0.1, 0.15) is 30.5 Å². The van der Waals surface area contributed by atoms with Gasteiger partial charge >= 0.3 is 0 Å². The van der Waals surface area contributed by atoms with Crippen molar-refractivity contribution < 1.29 is 9.84 Å². The van der Waals surface area contributed by atoms with Crippen LogP contribution in [-0.2, 0) is 11.3 Å². The maximum atomic E-state index is 10.6. The van der Waals surface area contributed by atoms with Crippen molar-refractivity contribution in [3.63, 3.8) is 0 Å². The second-order valence-electron chi connectivity index (χ2n) is 5.62. The van der Waals surface area contributed by atoms with Gasteiger partial charge in [0.2, 0.25) is 0 Å². The lowest BCUT2D eigenvalue weighted by molar-refractivity contribution is -0.0827. The highest BCUT2D eigenvalue weighted by molar-refractivity contribution is 7.09. The first-order chi connectivity index (χ1) is 9.03. The van der Waals surface area contributed by atoms with Gasteiger partial charge in [0.25, 0.3) is 0 Å². The van der Waals surface area contributed by atoms with Crippen molar-refractivity contribution in [3.05, 3.63) is 16.1 Å². The van der Waals surface area contributed by atoms with Crippen LogP contribution in [0.2, 0.25) is 0 Å². The number of hydrogen-bond donors (Lipinski definition) is 1. The lowest BCUT2D eigenvalue weighted by Crippen LogP contribution is -2.51. The number of aromatic nitrogens is 1. The number of rotatable bonds is 5. The van der Waals surface area contributed by atoms with Gasteiger partial charge in [0.05, 0.1) is 12.1 Å². The van der Waals surface area contributed by atoms with Crippen LogP contribution in [0.4, 0.5) is 0 Å². The molecule has 4 nitrogen and oxygen atoms in total. The zero-order valence-corrected chi connectivity index (χ0v) is 12.9. The quantitative estimate of drug-likeness (QED) is 0.899. The lowest BCUT2D eigenvalue weighted by atomic mass is 9.80. The highest BCUT2D eigenvalue weighted by atomic mass is 32.1. The maximum absolute atomic E-state index is 10.6. The first kappa shape index (κ1) is 14.9. The van der Waals surface area contributed by atoms with Crippen LogP contribution in [0, 0.1) is 12.8 Å². The van der Waals surface area contributed by atoms with Gasteiger partial charge in [0, 0.05) is 37.9 Å². The van der Waals surface area contributed by atoms with Crippen LogP contribution in [-0.4, -0.2) is 47.4 Å². The summed E-state index contributed by atoms with van der Waals surface area (Å²) in [5.41, 5.74) is 0.535. The second-order valence-corrected chi connectivity index (χ2v) is 6.56. The Hall–Kier alpha value is -0.490. The average Bonchev–Trinajstić information content (AvgIpc) is 2.77. The van der Waals surface area contributed by atoms with Crippen LogP contribution < -0.4 is 0 Å². The van der Waals surface area contributed by atoms with Crippen LogP contribution in [0.15, 0.2) is 5.38 Å². The minimum absolute atomic E-state index is 0.275. The molecule has 1 aliphatic heterocycles. The molecule has 0 radical (unpaired) electrons. The number of nitrogens with zero attached hydrogens (tertiary/aromatic N) is 2. The van der Waals surface area contributed by atoms with Gasteiger partial charge in [-0.2, -0.15) is 0 Å². The highest BCUT2D eigenvalue weighted by Crippen LogP contribution is 2.31. The molecule has 0 spiro atoms. The minimum atomic E-state index is -0.564. The molecule has 1 N–H and O–H groups in total. The maximum Gasteiger partial charge on any atom is 0.107 e. The Balaban J connectivity index is 1.88. The topological polar surface area (TPSA) is 45.6 Å². The fraction of sp³-hybridized carbons (Fsp3) is 0.786. The van der Waals surface area contributed by atoms with Gasteiger partial charge in [-0.25, -0.2) is 4.98 Å². The summed E-state index contributed by atoms with van der Waals surface area (Å²) in [7, 11) is 1.69. The molecule has 1 aromatic rings. The van der Waals surface area contributed by atoms with E-state index in [0.29, 0.717) is 6.61 Å². The van der Waals surface area contributed by atoms with Gasteiger partial charge in [-0.05, 0) is 25.7 Å². The molecule has 5 heteroatoms. The Kier molecular flexibility index (Phi) is 4.95. The molecule has 1 saturated heterocycles. The van der Waals surface area contributed by atoms with Crippen LogP contribution in [0.3, 0.4) is 0 Å². The monoisotopic (exact) mass is 284 g/mol. The second kappa shape index (κ2) is 6.31. The zero-order chi connectivity index (χ0) is 13.9. The Morgan fingerprint density at radius 2 is 2.42 bits per heavy atom. The van der Waals surface area contributed by atoms with Crippen molar-refractivity contribution in [3.8, 4) is 0 Å². The first-order valence-corrected chi connectivity index (χ1v) is 7.76. The molecule has 108 valence electrons. The number of thiazole rings is 1. The molecule has 1 fully saturated rings. The Labute approximate surface area is 119 Å². The van der Waals surface area contributed by atoms with E-state index < -0.39 is 5.60 Å². The van der Waals surface area contributed by atoms with Crippen molar-refractivity contribution in [2.75, 3.05) is 26.8 Å². The van der Waals surface area contributed by atoms with Gasteiger partial charge in [0.1, 0.15) is 5.01 Å². The molecular weight excluding hydrogens is 260 g/mol. The molecule has 1 aliphatic rings. The number of aliphatic hydroxyl groups is 1. The van der Waals surface area contributed by atoms with Crippen LogP contribution in [0.5, 0.6) is 0 Å². The lowest BCUT2D eigenvalue weighted by Gasteiger charge is -2.43. The molecule has 2 atom stereocenters. The zero-order valence-electron chi connectivity index (χ0n) is 12.1. The third kappa shape index (κ3) is 3.75. The highest BCUT2D eigenvalue weighted by Gasteiger charge is 2.38. The average molecular weight is 284 g/mol. The van der Waals surface area contributed by atoms with E-state index in [1.165, 1.54) is 5.01 Å². The Bertz CT molecular complexity index is 410. The fourth-order valence-electron chi connectivity index (χ4n) is 2.71. The summed E-state index contributed by atoms with van der Waals surface area (Å²) in [6, 6.07) is 0. The number of hydrogen-bond acceptors (Lipinski definition) is 5. The number of piperidine rings is 1. The van der Waals surface area contributed by atoms with Gasteiger partial charge < -0.3 is 9.84 Å². The molecule has 0 unspecified atom stereocenters. The van der Waals surface area contributed by atoms with E-state index in [0.717, 1.165) is 38.2 Å². The summed E-state index contributed by atoms with van der Waals surface area (Å²) in [6.45, 7) is 7.56. The van der Waals surface area contributed by atoms with E-state index in [-0.39, 0.29) is 5.92 Å². The van der Waals surface area contributed by atoms with Crippen molar-refractivity contribution in [1.82, 2.24) is 9.88 Å².